The average molecular weight is 474 g/mol. The van der Waals surface area contributed by atoms with Crippen LogP contribution in [-0.2, 0) is 0 Å². The molecule has 4 heteroatoms. The van der Waals surface area contributed by atoms with Crippen LogP contribution in [0.5, 0.6) is 0 Å². The van der Waals surface area contributed by atoms with Crippen LogP contribution < -0.4 is 15.5 Å². The van der Waals surface area contributed by atoms with E-state index in [1.165, 1.54) is 27.9 Å². The molecule has 2 heterocycles. The van der Waals surface area contributed by atoms with Gasteiger partial charge in [-0.05, 0) is 71.8 Å². The summed E-state index contributed by atoms with van der Waals surface area (Å²) >= 11 is 0. The van der Waals surface area contributed by atoms with E-state index >= 15 is 0 Å². The summed E-state index contributed by atoms with van der Waals surface area (Å²) in [4.78, 5) is 15.6. The number of nitrogens with one attached hydrogen (secondary N) is 2. The Morgan fingerprint density at radius 2 is 1.25 bits per heavy atom. The third-order valence-corrected chi connectivity index (χ3v) is 7.55. The molecule has 0 saturated heterocycles. The summed E-state index contributed by atoms with van der Waals surface area (Å²) in [5.74, 6) is 0.625. The summed E-state index contributed by atoms with van der Waals surface area (Å²) in [7, 11) is 0. The van der Waals surface area contributed by atoms with Gasteiger partial charge >= 0.3 is 6.03 Å². The number of rotatable bonds is 4. The van der Waals surface area contributed by atoms with Crippen molar-refractivity contribution in [1.29, 1.82) is 0 Å². The minimum absolute atomic E-state index is 0.219. The van der Waals surface area contributed by atoms with E-state index in [1.807, 2.05) is 31.2 Å². The molecule has 4 nitrogen and oxygen atoms in total. The molecule has 2 unspecified atom stereocenters. The van der Waals surface area contributed by atoms with Crippen LogP contribution in [0.1, 0.15) is 52.5 Å². The van der Waals surface area contributed by atoms with Gasteiger partial charge in [0.25, 0.3) is 0 Å². The molecule has 0 fully saturated rings. The fourth-order valence-corrected chi connectivity index (χ4v) is 5.94. The van der Waals surface area contributed by atoms with Crippen molar-refractivity contribution < 1.29 is 4.79 Å². The van der Waals surface area contributed by atoms with Crippen molar-refractivity contribution >= 4 is 23.1 Å². The highest BCUT2D eigenvalue weighted by Gasteiger charge is 2.35. The normalized spacial score (nSPS) is 18.3. The van der Waals surface area contributed by atoms with Crippen molar-refractivity contribution in [3.63, 3.8) is 0 Å². The third-order valence-electron chi connectivity index (χ3n) is 7.55. The molecule has 180 valence electrons. The van der Waals surface area contributed by atoms with Crippen molar-refractivity contribution in [2.75, 3.05) is 28.6 Å². The lowest BCUT2D eigenvalue weighted by atomic mass is 9.76. The van der Waals surface area contributed by atoms with Gasteiger partial charge in [-0.2, -0.15) is 0 Å². The highest BCUT2D eigenvalue weighted by molar-refractivity contribution is 6.00. The number of carbonyl (C=O) groups is 1. The van der Waals surface area contributed by atoms with Crippen LogP contribution in [0.3, 0.4) is 0 Å². The second-order valence-electron chi connectivity index (χ2n) is 9.94. The number of carbonyl (C=O) groups excluding carboxylic acids is 1. The zero-order valence-corrected chi connectivity index (χ0v) is 20.6. The summed E-state index contributed by atoms with van der Waals surface area (Å²) in [6.07, 6.45) is 2.15. The Labute approximate surface area is 213 Å². The van der Waals surface area contributed by atoms with Crippen LogP contribution in [0.2, 0.25) is 0 Å². The summed E-state index contributed by atoms with van der Waals surface area (Å²) in [6, 6.07) is 33.6. The lowest BCUT2D eigenvalue weighted by Crippen LogP contribution is -2.37. The molecule has 2 amide bonds. The van der Waals surface area contributed by atoms with Gasteiger partial charge in [-0.1, -0.05) is 72.8 Å². The monoisotopic (exact) mass is 473 g/mol. The van der Waals surface area contributed by atoms with Gasteiger partial charge < -0.3 is 15.5 Å². The van der Waals surface area contributed by atoms with E-state index in [4.69, 9.17) is 0 Å². The van der Waals surface area contributed by atoms with E-state index in [-0.39, 0.29) is 6.03 Å². The molecule has 0 saturated carbocycles. The minimum Gasteiger partial charge on any atom is -0.371 e. The van der Waals surface area contributed by atoms with Gasteiger partial charge in [0.15, 0.2) is 0 Å². The lowest BCUT2D eigenvalue weighted by Gasteiger charge is -2.43. The van der Waals surface area contributed by atoms with Crippen LogP contribution in [0.4, 0.5) is 21.9 Å². The van der Waals surface area contributed by atoms with E-state index in [0.717, 1.165) is 42.9 Å². The predicted octanol–water partition coefficient (Wildman–Crippen LogP) is 7.52. The van der Waals surface area contributed by atoms with E-state index in [9.17, 15) is 4.79 Å². The molecule has 36 heavy (non-hydrogen) atoms. The average Bonchev–Trinajstić information content (AvgIpc) is 2.90. The molecule has 2 N–H and O–H groups in total. The first-order valence-corrected chi connectivity index (χ1v) is 12.8. The number of hydrogen-bond acceptors (Lipinski definition) is 2. The maximum absolute atomic E-state index is 13.0. The molecule has 0 radical (unpaired) electrons. The number of amides is 2. The zero-order chi connectivity index (χ0) is 24.5. The molecule has 2 aliphatic heterocycles. The molecular weight excluding hydrogens is 442 g/mol. The number of nitrogens with zero attached hydrogens (tertiary/aromatic N) is 1. The Kier molecular flexibility index (Phi) is 5.94. The topological polar surface area (TPSA) is 44.4 Å². The summed E-state index contributed by atoms with van der Waals surface area (Å²) < 4.78 is 0. The van der Waals surface area contributed by atoms with E-state index in [0.29, 0.717) is 11.8 Å². The Hall–Kier alpha value is -4.05. The summed E-state index contributed by atoms with van der Waals surface area (Å²) in [5.41, 5.74) is 9.42. The molecule has 2 aliphatic rings. The van der Waals surface area contributed by atoms with Gasteiger partial charge in [-0.25, -0.2) is 4.79 Å². The van der Waals surface area contributed by atoms with Gasteiger partial charge in [0.2, 0.25) is 0 Å². The molecule has 0 aromatic heterocycles. The van der Waals surface area contributed by atoms with Crippen molar-refractivity contribution in [3.05, 3.63) is 125 Å². The van der Waals surface area contributed by atoms with E-state index in [2.05, 4.69) is 88.3 Å². The molecule has 4 aromatic carbocycles. The van der Waals surface area contributed by atoms with Gasteiger partial charge in [-0.3, -0.25) is 0 Å². The maximum atomic E-state index is 13.0. The van der Waals surface area contributed by atoms with Gasteiger partial charge in [0.05, 0.1) is 0 Å². The van der Waals surface area contributed by atoms with Crippen molar-refractivity contribution in [1.82, 2.24) is 0 Å². The highest BCUT2D eigenvalue weighted by atomic mass is 16.2. The molecule has 0 spiro atoms. The fourth-order valence-electron chi connectivity index (χ4n) is 5.94. The first kappa shape index (κ1) is 22.4. The second kappa shape index (κ2) is 9.54. The lowest BCUT2D eigenvalue weighted by molar-refractivity contribution is 0.262. The van der Waals surface area contributed by atoms with Crippen molar-refractivity contribution in [3.8, 4) is 0 Å². The first-order valence-electron chi connectivity index (χ1n) is 12.8. The summed E-state index contributed by atoms with van der Waals surface area (Å²) in [5, 5.41) is 6.15. The van der Waals surface area contributed by atoms with Crippen LogP contribution >= 0.6 is 0 Å². The van der Waals surface area contributed by atoms with Gasteiger partial charge in [0.1, 0.15) is 0 Å². The molecule has 0 bridgehead atoms. The zero-order valence-electron chi connectivity index (χ0n) is 20.6. The smallest absolute Gasteiger partial charge is 0.323 e. The van der Waals surface area contributed by atoms with Gasteiger partial charge in [0, 0.05) is 42.0 Å². The Morgan fingerprint density at radius 3 is 1.81 bits per heavy atom. The SMILES string of the molecule is Cc1cccc(NC(=O)Nc2cc3c4c(c2)C(c2ccccc2)CCN4CCC3c2ccccc2)c1. The van der Waals surface area contributed by atoms with Crippen molar-refractivity contribution in [2.45, 2.75) is 31.6 Å². The Balaban J connectivity index is 1.42. The van der Waals surface area contributed by atoms with E-state index in [1.54, 1.807) is 0 Å². The number of anilines is 3. The molecular formula is C32H31N3O. The van der Waals surface area contributed by atoms with Crippen LogP contribution in [0.25, 0.3) is 0 Å². The molecule has 4 aromatic rings. The number of benzene rings is 4. The standard InChI is InChI=1S/C32H31N3O/c1-22-9-8-14-25(19-22)33-32(36)34-26-20-29-27(23-10-4-2-5-11-23)15-17-35-18-16-28(30(21-26)31(29)35)24-12-6-3-7-13-24/h2-14,19-21,27-28H,15-18H2,1H3,(H2,33,34,36). The predicted molar refractivity (Wildman–Crippen MR) is 148 cm³/mol. The van der Waals surface area contributed by atoms with Gasteiger partial charge in [-0.15, -0.1) is 0 Å². The fraction of sp³-hybridized carbons (Fsp3) is 0.219. The molecule has 6 rings (SSSR count). The minimum atomic E-state index is -0.219. The quantitative estimate of drug-likeness (QED) is 0.322. The van der Waals surface area contributed by atoms with E-state index < -0.39 is 0 Å². The highest BCUT2D eigenvalue weighted by Crippen LogP contribution is 2.49. The molecule has 2 atom stereocenters. The van der Waals surface area contributed by atoms with Crippen LogP contribution in [0.15, 0.2) is 97.1 Å². The molecule has 0 aliphatic carbocycles. The Bertz CT molecular complexity index is 1310. The number of urea groups is 1. The van der Waals surface area contributed by atoms with Crippen LogP contribution in [-0.4, -0.2) is 19.1 Å². The van der Waals surface area contributed by atoms with Crippen molar-refractivity contribution in [2.24, 2.45) is 0 Å². The number of aryl methyl sites for hydroxylation is 1. The maximum Gasteiger partial charge on any atom is 0.323 e. The second-order valence-corrected chi connectivity index (χ2v) is 9.94. The largest absolute Gasteiger partial charge is 0.371 e. The Morgan fingerprint density at radius 1 is 0.694 bits per heavy atom. The summed E-state index contributed by atoms with van der Waals surface area (Å²) in [6.45, 7) is 4.14. The number of hydrogen-bond donors (Lipinski definition) is 2. The third kappa shape index (κ3) is 4.35. The van der Waals surface area contributed by atoms with Crippen LogP contribution in [0, 0.1) is 6.92 Å². The first-order chi connectivity index (χ1) is 17.7.